The van der Waals surface area contributed by atoms with Crippen molar-refractivity contribution >= 4 is 32.3 Å². The highest BCUT2D eigenvalue weighted by atomic mass is 32.1. The molecule has 3 rings (SSSR count). The number of thiazole rings is 1. The molecular weight excluding hydrogens is 262 g/mol. The van der Waals surface area contributed by atoms with Gasteiger partial charge in [-0.25, -0.2) is 9.97 Å². The number of ether oxygens (including phenoxy) is 2. The number of nitrogens with two attached hydrogens (primary N) is 1. The fourth-order valence-corrected chi connectivity index (χ4v) is 3.18. The Morgan fingerprint density at radius 3 is 3.11 bits per heavy atom. The largest absolute Gasteiger partial charge is 0.479 e. The summed E-state index contributed by atoms with van der Waals surface area (Å²) in [5.41, 5.74) is 8.89. The van der Waals surface area contributed by atoms with Gasteiger partial charge in [0.05, 0.1) is 25.0 Å². The summed E-state index contributed by atoms with van der Waals surface area (Å²) in [6.45, 7) is 3.51. The highest BCUT2D eigenvalue weighted by Gasteiger charge is 2.21. The fraction of sp³-hybridized carbons (Fsp3) is 0.385. The van der Waals surface area contributed by atoms with Crippen LogP contribution in [-0.2, 0) is 4.74 Å². The lowest BCUT2D eigenvalue weighted by Gasteiger charge is -2.21. The third kappa shape index (κ3) is 2.06. The Morgan fingerprint density at radius 1 is 1.53 bits per heavy atom. The Labute approximate surface area is 115 Å². The molecule has 1 aliphatic rings. The van der Waals surface area contributed by atoms with E-state index in [9.17, 15) is 0 Å². The summed E-state index contributed by atoms with van der Waals surface area (Å²) < 4.78 is 11.7. The number of hydrogen-bond donors (Lipinski definition) is 1. The summed E-state index contributed by atoms with van der Waals surface area (Å²) in [6, 6.07) is 0. The van der Waals surface area contributed by atoms with Crippen LogP contribution in [0.3, 0.4) is 0 Å². The molecule has 2 aromatic heterocycles. The Hall–Kier alpha value is -1.66. The van der Waals surface area contributed by atoms with Gasteiger partial charge >= 0.3 is 0 Å². The van der Waals surface area contributed by atoms with Gasteiger partial charge in [0.25, 0.3) is 0 Å². The highest BCUT2D eigenvalue weighted by Crippen LogP contribution is 2.38. The number of nitrogen functional groups attached to an aromatic ring is 1. The number of nitrogens with zero attached hydrogens (tertiary/aromatic N) is 2. The molecule has 0 spiro atoms. The standard InChI is InChI=1S/C13H15N3O2S/c1-7-6-18-4-3-8(7)9-5-15-12(17-2)10-11(9)19-13(14)16-10/h3,5,7H,4,6H2,1-2H3,(H2,14,16). The fourth-order valence-electron chi connectivity index (χ4n) is 2.32. The van der Waals surface area contributed by atoms with Crippen LogP contribution in [0.5, 0.6) is 5.88 Å². The maximum atomic E-state index is 5.83. The predicted octanol–water partition coefficient (Wildman–Crippen LogP) is 2.33. The van der Waals surface area contributed by atoms with Gasteiger partial charge in [-0.2, -0.15) is 0 Å². The lowest BCUT2D eigenvalue weighted by atomic mass is 9.94. The predicted molar refractivity (Wildman–Crippen MR) is 76.3 cm³/mol. The molecule has 2 aromatic rings. The number of hydrogen-bond acceptors (Lipinski definition) is 6. The van der Waals surface area contributed by atoms with Crippen molar-refractivity contribution in [2.75, 3.05) is 26.1 Å². The smallest absolute Gasteiger partial charge is 0.241 e. The summed E-state index contributed by atoms with van der Waals surface area (Å²) in [6.07, 6.45) is 3.94. The number of fused-ring (bicyclic) bond motifs is 1. The van der Waals surface area contributed by atoms with Crippen LogP contribution < -0.4 is 10.5 Å². The Morgan fingerprint density at radius 2 is 2.37 bits per heavy atom. The first-order valence-corrected chi connectivity index (χ1v) is 6.89. The Kier molecular flexibility index (Phi) is 3.12. The molecule has 1 aliphatic heterocycles. The van der Waals surface area contributed by atoms with E-state index in [0.29, 0.717) is 23.5 Å². The van der Waals surface area contributed by atoms with Crippen molar-refractivity contribution < 1.29 is 9.47 Å². The lowest BCUT2D eigenvalue weighted by molar-refractivity contribution is 0.136. The second kappa shape index (κ2) is 4.79. The van der Waals surface area contributed by atoms with Crippen molar-refractivity contribution in [3.8, 4) is 5.88 Å². The molecule has 19 heavy (non-hydrogen) atoms. The van der Waals surface area contributed by atoms with Gasteiger partial charge in [-0.15, -0.1) is 0 Å². The summed E-state index contributed by atoms with van der Waals surface area (Å²) in [7, 11) is 1.59. The summed E-state index contributed by atoms with van der Waals surface area (Å²) in [5, 5.41) is 0.530. The second-order valence-corrected chi connectivity index (χ2v) is 5.54. The minimum absolute atomic E-state index is 0.343. The van der Waals surface area contributed by atoms with E-state index in [1.807, 2.05) is 6.20 Å². The SMILES string of the molecule is COc1ncc(C2=CCOCC2C)c2sc(N)nc12. The monoisotopic (exact) mass is 277 g/mol. The third-order valence-corrected chi connectivity index (χ3v) is 4.14. The number of rotatable bonds is 2. The topological polar surface area (TPSA) is 70.3 Å². The van der Waals surface area contributed by atoms with E-state index in [0.717, 1.165) is 22.4 Å². The first-order valence-electron chi connectivity index (χ1n) is 6.08. The van der Waals surface area contributed by atoms with E-state index >= 15 is 0 Å². The van der Waals surface area contributed by atoms with E-state index < -0.39 is 0 Å². The van der Waals surface area contributed by atoms with Crippen molar-refractivity contribution in [2.24, 2.45) is 5.92 Å². The van der Waals surface area contributed by atoms with Crippen LogP contribution in [0.15, 0.2) is 12.3 Å². The Bertz CT molecular complexity index is 651. The van der Waals surface area contributed by atoms with Crippen LogP contribution in [0.25, 0.3) is 15.8 Å². The second-order valence-electron chi connectivity index (χ2n) is 4.51. The zero-order chi connectivity index (χ0) is 13.4. The molecule has 0 aliphatic carbocycles. The van der Waals surface area contributed by atoms with Gasteiger partial charge < -0.3 is 15.2 Å². The van der Waals surface area contributed by atoms with Gasteiger partial charge in [-0.1, -0.05) is 24.3 Å². The molecule has 100 valence electrons. The van der Waals surface area contributed by atoms with Crippen molar-refractivity contribution in [2.45, 2.75) is 6.92 Å². The van der Waals surface area contributed by atoms with Gasteiger partial charge in [0.2, 0.25) is 5.88 Å². The number of methoxy groups -OCH3 is 1. The van der Waals surface area contributed by atoms with E-state index in [1.165, 1.54) is 16.9 Å². The molecule has 0 saturated carbocycles. The summed E-state index contributed by atoms with van der Waals surface area (Å²) in [4.78, 5) is 8.65. The summed E-state index contributed by atoms with van der Waals surface area (Å²) in [5.74, 6) is 0.863. The molecule has 1 unspecified atom stereocenters. The molecular formula is C13H15N3O2S. The number of pyridine rings is 1. The van der Waals surface area contributed by atoms with Crippen LogP contribution in [0.4, 0.5) is 5.13 Å². The molecule has 1 atom stereocenters. The molecule has 0 fully saturated rings. The average Bonchev–Trinajstić information content (AvgIpc) is 2.80. The van der Waals surface area contributed by atoms with E-state index in [1.54, 1.807) is 7.11 Å². The maximum absolute atomic E-state index is 5.83. The molecule has 6 heteroatoms. The van der Waals surface area contributed by atoms with Gasteiger partial charge in [0.1, 0.15) is 5.52 Å². The molecule has 2 N–H and O–H groups in total. The lowest BCUT2D eigenvalue weighted by Crippen LogP contribution is -2.14. The van der Waals surface area contributed by atoms with Crippen molar-refractivity contribution in [1.82, 2.24) is 9.97 Å². The van der Waals surface area contributed by atoms with Crippen molar-refractivity contribution in [1.29, 1.82) is 0 Å². The van der Waals surface area contributed by atoms with Crippen LogP contribution in [0, 0.1) is 5.92 Å². The molecule has 0 bridgehead atoms. The van der Waals surface area contributed by atoms with Crippen molar-refractivity contribution in [3.63, 3.8) is 0 Å². The highest BCUT2D eigenvalue weighted by molar-refractivity contribution is 7.22. The normalized spacial score (nSPS) is 19.5. The average molecular weight is 277 g/mol. The first kappa shape index (κ1) is 12.4. The third-order valence-electron chi connectivity index (χ3n) is 3.23. The Balaban J connectivity index is 2.22. The van der Waals surface area contributed by atoms with E-state index in [2.05, 4.69) is 23.0 Å². The van der Waals surface area contributed by atoms with Crippen molar-refractivity contribution in [3.05, 3.63) is 17.8 Å². The molecule has 0 saturated heterocycles. The van der Waals surface area contributed by atoms with E-state index in [4.69, 9.17) is 15.2 Å². The zero-order valence-corrected chi connectivity index (χ0v) is 11.7. The molecule has 0 radical (unpaired) electrons. The number of anilines is 1. The molecule has 0 amide bonds. The maximum Gasteiger partial charge on any atom is 0.241 e. The van der Waals surface area contributed by atoms with Crippen LogP contribution >= 0.6 is 11.3 Å². The van der Waals surface area contributed by atoms with Gasteiger partial charge in [-0.05, 0) is 5.57 Å². The van der Waals surface area contributed by atoms with Crippen LogP contribution in [0.2, 0.25) is 0 Å². The van der Waals surface area contributed by atoms with E-state index in [-0.39, 0.29) is 0 Å². The summed E-state index contributed by atoms with van der Waals surface area (Å²) >= 11 is 1.47. The quantitative estimate of drug-likeness (QED) is 0.912. The van der Waals surface area contributed by atoms with Gasteiger partial charge in [0.15, 0.2) is 5.13 Å². The minimum atomic E-state index is 0.343. The van der Waals surface area contributed by atoms with Gasteiger partial charge in [0, 0.05) is 17.7 Å². The zero-order valence-electron chi connectivity index (χ0n) is 10.8. The van der Waals surface area contributed by atoms with Gasteiger partial charge in [-0.3, -0.25) is 0 Å². The minimum Gasteiger partial charge on any atom is -0.479 e. The molecule has 3 heterocycles. The molecule has 0 aromatic carbocycles. The van der Waals surface area contributed by atoms with Crippen LogP contribution in [0.1, 0.15) is 12.5 Å². The first-order chi connectivity index (χ1) is 9.20. The van der Waals surface area contributed by atoms with Crippen LogP contribution in [-0.4, -0.2) is 30.3 Å². The molecule has 5 nitrogen and oxygen atoms in total. The number of aromatic nitrogens is 2.